The van der Waals surface area contributed by atoms with Crippen LogP contribution in [-0.4, -0.2) is 87.6 Å². The van der Waals surface area contributed by atoms with Gasteiger partial charge in [-0.2, -0.15) is 5.10 Å². The highest BCUT2D eigenvalue weighted by Gasteiger charge is 2.26. The normalized spacial score (nSPS) is 13.9. The number of carbonyl (C=O) groups is 2. The van der Waals surface area contributed by atoms with Crippen LogP contribution in [0.25, 0.3) is 33.8 Å². The maximum absolute atomic E-state index is 14.3. The summed E-state index contributed by atoms with van der Waals surface area (Å²) in [6.07, 6.45) is 7.67. The summed E-state index contributed by atoms with van der Waals surface area (Å²) in [5.74, 6) is -0.0739. The minimum absolute atomic E-state index is 0.0198. The Kier molecular flexibility index (Phi) is 12.7. The van der Waals surface area contributed by atoms with E-state index in [1.165, 1.54) is 6.07 Å². The Morgan fingerprint density at radius 3 is 1.63 bits per heavy atom. The SMILES string of the molecule is Cc1cc(-c2cnc3c(NCC(C)(C)O)cc(Br)nn23)ccc1C(=O)NC1CC1.Cc1cc(-c2cnc3c(NCC(C)(C)O)cc(Nc4ccccc4F)nn23)ccc1C(=O)NC1CC1. The molecule has 2 aliphatic rings. The van der Waals surface area contributed by atoms with Gasteiger partial charge in [0.05, 0.1) is 52.0 Å². The molecule has 15 nitrogen and oxygen atoms in total. The maximum Gasteiger partial charge on any atom is 0.251 e. The molecule has 17 heteroatoms. The molecule has 2 aliphatic carbocycles. The quantitative estimate of drug-likeness (QED) is 0.0556. The van der Waals surface area contributed by atoms with Crippen LogP contribution in [0, 0.1) is 19.7 Å². The van der Waals surface area contributed by atoms with E-state index >= 15 is 0 Å². The summed E-state index contributed by atoms with van der Waals surface area (Å²) in [5.41, 5.74) is 7.51. The van der Waals surface area contributed by atoms with E-state index in [9.17, 15) is 24.2 Å². The number of nitrogens with zero attached hydrogens (tertiary/aromatic N) is 6. The van der Waals surface area contributed by atoms with Gasteiger partial charge in [0.2, 0.25) is 0 Å². The molecule has 3 aromatic carbocycles. The second-order valence-electron chi connectivity index (χ2n) is 18.1. The first-order valence-corrected chi connectivity index (χ1v) is 22.4. The van der Waals surface area contributed by atoms with E-state index in [2.05, 4.69) is 62.7 Å². The molecule has 65 heavy (non-hydrogen) atoms. The van der Waals surface area contributed by atoms with Crippen molar-refractivity contribution in [2.45, 2.75) is 90.5 Å². The molecule has 2 fully saturated rings. The fourth-order valence-corrected chi connectivity index (χ4v) is 7.47. The molecule has 0 saturated heterocycles. The number of carbonyl (C=O) groups excluding carboxylic acids is 2. The number of fused-ring (bicyclic) bond motifs is 2. The predicted octanol–water partition coefficient (Wildman–Crippen LogP) is 8.20. The number of rotatable bonds is 14. The van der Waals surface area contributed by atoms with Gasteiger partial charge >= 0.3 is 0 Å². The largest absolute Gasteiger partial charge is 0.389 e. The fraction of sp³-hybridized carbons (Fsp3) is 0.333. The summed E-state index contributed by atoms with van der Waals surface area (Å²) >= 11 is 3.45. The van der Waals surface area contributed by atoms with Crippen molar-refractivity contribution in [1.29, 1.82) is 0 Å². The highest BCUT2D eigenvalue weighted by atomic mass is 79.9. The molecule has 0 unspecified atom stereocenters. The molecule has 4 heterocycles. The van der Waals surface area contributed by atoms with E-state index in [1.54, 1.807) is 73.4 Å². The zero-order chi connectivity index (χ0) is 46.2. The molecule has 9 rings (SSSR count). The molecular formula is C48H53BrFN11O4. The number of nitrogens with one attached hydrogen (secondary N) is 5. The summed E-state index contributed by atoms with van der Waals surface area (Å²) in [7, 11) is 0. The van der Waals surface area contributed by atoms with Gasteiger partial charge in [-0.05, 0) is 137 Å². The summed E-state index contributed by atoms with van der Waals surface area (Å²) < 4.78 is 18.4. The third-order valence-corrected chi connectivity index (χ3v) is 11.2. The van der Waals surface area contributed by atoms with E-state index in [0.29, 0.717) is 62.5 Å². The molecule has 2 saturated carbocycles. The standard InChI is InChI=1S/C27H29FN6O2.C21H24BrN5O2/c1-16-12-17(8-11-19(16)26(35)31-18-9-10-18)23-14-29-25-22(30-15-27(2,3)36)13-24(33-34(23)25)32-21-7-5-4-6-20(21)28;1-12-8-13(4-7-15(12)20(28)25-14-5-6-14)17-10-23-19-16(24-11-21(2,3)29)9-18(22)26-27(17)19/h4-8,11-14,18,30,36H,9-10,15H2,1-3H3,(H,31,35)(H,32,33);4,7-10,14,24,29H,5-6,11H2,1-3H3,(H,25,28). The molecule has 338 valence electrons. The minimum atomic E-state index is -0.956. The van der Waals surface area contributed by atoms with Gasteiger partial charge in [0, 0.05) is 53.5 Å². The van der Waals surface area contributed by atoms with E-state index < -0.39 is 17.0 Å². The molecule has 7 aromatic rings. The molecular weight excluding hydrogens is 894 g/mol. The van der Waals surface area contributed by atoms with Crippen molar-refractivity contribution >= 4 is 61.9 Å². The topological polar surface area (TPSA) is 195 Å². The van der Waals surface area contributed by atoms with Crippen molar-refractivity contribution < 1.29 is 24.2 Å². The number of halogens is 2. The molecule has 7 N–H and O–H groups in total. The van der Waals surface area contributed by atoms with E-state index in [0.717, 1.165) is 59.3 Å². The minimum Gasteiger partial charge on any atom is -0.389 e. The lowest BCUT2D eigenvalue weighted by Gasteiger charge is -2.19. The first-order valence-electron chi connectivity index (χ1n) is 21.6. The Morgan fingerprint density at radius 2 is 1.17 bits per heavy atom. The number of imidazole rings is 2. The lowest BCUT2D eigenvalue weighted by atomic mass is 10.0. The molecule has 0 atom stereocenters. The number of hydrogen-bond donors (Lipinski definition) is 7. The van der Waals surface area contributed by atoms with Crippen molar-refractivity contribution in [2.24, 2.45) is 0 Å². The van der Waals surface area contributed by atoms with Gasteiger partial charge in [0.25, 0.3) is 11.8 Å². The van der Waals surface area contributed by atoms with Gasteiger partial charge in [-0.1, -0.05) is 24.3 Å². The highest BCUT2D eigenvalue weighted by molar-refractivity contribution is 9.10. The van der Waals surface area contributed by atoms with Crippen LogP contribution in [0.2, 0.25) is 0 Å². The van der Waals surface area contributed by atoms with E-state index in [1.807, 2.05) is 56.3 Å². The van der Waals surface area contributed by atoms with Crippen LogP contribution in [0.4, 0.5) is 27.3 Å². The van der Waals surface area contributed by atoms with Crippen molar-refractivity contribution in [3.63, 3.8) is 0 Å². The Balaban J connectivity index is 0.000000181. The zero-order valence-corrected chi connectivity index (χ0v) is 38.7. The average molecular weight is 947 g/mol. The summed E-state index contributed by atoms with van der Waals surface area (Å²) in [5, 5.41) is 45.0. The van der Waals surface area contributed by atoms with E-state index in [-0.39, 0.29) is 24.4 Å². The number of aryl methyl sites for hydroxylation is 2. The number of benzene rings is 3. The number of aliphatic hydroxyl groups is 2. The average Bonchev–Trinajstić information content (AvgIpc) is 4.16. The number of aromatic nitrogens is 6. The first-order chi connectivity index (χ1) is 30.9. The summed E-state index contributed by atoms with van der Waals surface area (Å²) in [6.45, 7) is 11.4. The Bertz CT molecular complexity index is 2910. The van der Waals surface area contributed by atoms with E-state index in [4.69, 9.17) is 0 Å². The van der Waals surface area contributed by atoms with Crippen LogP contribution in [0.3, 0.4) is 0 Å². The van der Waals surface area contributed by atoms with Crippen LogP contribution < -0.4 is 26.6 Å². The van der Waals surface area contributed by atoms with Crippen molar-refractivity contribution in [2.75, 3.05) is 29.0 Å². The van der Waals surface area contributed by atoms with Crippen LogP contribution in [0.5, 0.6) is 0 Å². The zero-order valence-electron chi connectivity index (χ0n) is 37.1. The van der Waals surface area contributed by atoms with Gasteiger partial charge in [-0.25, -0.2) is 23.4 Å². The second-order valence-corrected chi connectivity index (χ2v) is 18.9. The summed E-state index contributed by atoms with van der Waals surface area (Å²) in [6, 6.07) is 22.0. The maximum atomic E-state index is 14.3. The molecule has 4 aromatic heterocycles. The van der Waals surface area contributed by atoms with Gasteiger partial charge < -0.3 is 36.8 Å². The molecule has 0 aliphatic heterocycles. The molecule has 2 amide bonds. The monoisotopic (exact) mass is 945 g/mol. The Morgan fingerprint density at radius 1 is 0.692 bits per heavy atom. The second kappa shape index (κ2) is 18.2. The third-order valence-electron chi connectivity index (χ3n) is 10.8. The van der Waals surface area contributed by atoms with Crippen LogP contribution in [-0.2, 0) is 0 Å². The van der Waals surface area contributed by atoms with Gasteiger partial charge in [-0.3, -0.25) is 9.59 Å². The van der Waals surface area contributed by atoms with Crippen molar-refractivity contribution in [3.05, 3.63) is 118 Å². The number of para-hydroxylation sites is 1. The fourth-order valence-electron chi connectivity index (χ4n) is 7.08. The Labute approximate surface area is 384 Å². The summed E-state index contributed by atoms with van der Waals surface area (Å²) in [4.78, 5) is 34.1. The smallest absolute Gasteiger partial charge is 0.251 e. The molecule has 0 spiro atoms. The van der Waals surface area contributed by atoms with Gasteiger partial charge in [-0.15, -0.1) is 5.10 Å². The predicted molar refractivity (Wildman–Crippen MR) is 254 cm³/mol. The first kappa shape index (κ1) is 45.1. The number of anilines is 4. The third kappa shape index (κ3) is 11.1. The van der Waals surface area contributed by atoms with Gasteiger partial charge in [0.15, 0.2) is 17.1 Å². The van der Waals surface area contributed by atoms with Gasteiger partial charge in [0.1, 0.15) is 10.4 Å². The molecule has 0 radical (unpaired) electrons. The van der Waals surface area contributed by atoms with Crippen molar-refractivity contribution in [3.8, 4) is 22.5 Å². The Hall–Kier alpha value is -6.43. The van der Waals surface area contributed by atoms with Crippen LogP contribution >= 0.6 is 15.9 Å². The number of amides is 2. The highest BCUT2D eigenvalue weighted by Crippen LogP contribution is 2.31. The lowest BCUT2D eigenvalue weighted by Crippen LogP contribution is -2.29. The lowest BCUT2D eigenvalue weighted by molar-refractivity contribution is 0.0939. The van der Waals surface area contributed by atoms with Crippen LogP contribution in [0.15, 0.2) is 89.8 Å². The van der Waals surface area contributed by atoms with Crippen LogP contribution in [0.1, 0.15) is 85.2 Å². The van der Waals surface area contributed by atoms with Crippen molar-refractivity contribution in [1.82, 2.24) is 39.8 Å². The number of hydrogen-bond acceptors (Lipinski definition) is 11. The molecule has 0 bridgehead atoms.